The van der Waals surface area contributed by atoms with Crippen molar-refractivity contribution in [3.8, 4) is 0 Å². The summed E-state index contributed by atoms with van der Waals surface area (Å²) >= 11 is 0. The molecule has 0 spiro atoms. The topological polar surface area (TPSA) is 46.3 Å². The van der Waals surface area contributed by atoms with E-state index in [-0.39, 0.29) is 5.91 Å². The van der Waals surface area contributed by atoms with E-state index in [4.69, 9.17) is 5.73 Å². The van der Waals surface area contributed by atoms with Gasteiger partial charge in [-0.1, -0.05) is 18.2 Å². The van der Waals surface area contributed by atoms with Crippen LogP contribution in [0.4, 0.5) is 5.69 Å². The Kier molecular flexibility index (Phi) is 4.16. The molecular weight excluding hydrogens is 188 g/mol. The maximum atomic E-state index is 11.5. The first-order valence-electron chi connectivity index (χ1n) is 5.22. The van der Waals surface area contributed by atoms with Crippen molar-refractivity contribution in [1.29, 1.82) is 0 Å². The molecule has 0 bridgehead atoms. The van der Waals surface area contributed by atoms with Crippen molar-refractivity contribution in [3.63, 3.8) is 0 Å². The molecule has 1 aromatic rings. The van der Waals surface area contributed by atoms with Gasteiger partial charge in [0.25, 0.3) is 0 Å². The fourth-order valence-electron chi connectivity index (χ4n) is 1.37. The fraction of sp³-hybridized carbons (Fsp3) is 0.417. The molecule has 0 radical (unpaired) electrons. The van der Waals surface area contributed by atoms with E-state index in [0.29, 0.717) is 6.42 Å². The highest BCUT2D eigenvalue weighted by atomic mass is 16.2. The summed E-state index contributed by atoms with van der Waals surface area (Å²) in [6.07, 6.45) is 1.24. The van der Waals surface area contributed by atoms with Crippen molar-refractivity contribution in [2.24, 2.45) is 0 Å². The number of hydrogen-bond donors (Lipinski definition) is 1. The lowest BCUT2D eigenvalue weighted by Gasteiger charge is -2.14. The summed E-state index contributed by atoms with van der Waals surface area (Å²) in [5.74, 6) is 0.167. The second kappa shape index (κ2) is 5.39. The van der Waals surface area contributed by atoms with Gasteiger partial charge < -0.3 is 10.6 Å². The second-order valence-electron chi connectivity index (χ2n) is 3.61. The first kappa shape index (κ1) is 11.6. The quantitative estimate of drug-likeness (QED) is 0.762. The van der Waals surface area contributed by atoms with Gasteiger partial charge in [0.1, 0.15) is 0 Å². The monoisotopic (exact) mass is 206 g/mol. The molecule has 1 rings (SSSR count). The van der Waals surface area contributed by atoms with Crippen molar-refractivity contribution in [2.75, 3.05) is 19.3 Å². The number of carbonyl (C=O) groups is 1. The average Bonchev–Trinajstić information content (AvgIpc) is 2.26. The van der Waals surface area contributed by atoms with E-state index < -0.39 is 0 Å². The molecule has 0 aliphatic carbocycles. The number of benzene rings is 1. The number of rotatable bonds is 4. The van der Waals surface area contributed by atoms with Gasteiger partial charge in [0.15, 0.2) is 0 Å². The molecule has 0 unspecified atom stereocenters. The van der Waals surface area contributed by atoms with Gasteiger partial charge >= 0.3 is 0 Å². The molecule has 82 valence electrons. The van der Waals surface area contributed by atoms with Crippen LogP contribution in [0.1, 0.15) is 18.9 Å². The summed E-state index contributed by atoms with van der Waals surface area (Å²) in [4.78, 5) is 13.3. The van der Waals surface area contributed by atoms with Crippen LogP contribution in [0.25, 0.3) is 0 Å². The standard InChI is InChI=1S/C12H18N2O/c1-3-14(2)12(15)9-8-10-6-4-5-7-11(10)13/h4-7H,3,8-9,13H2,1-2H3. The van der Waals surface area contributed by atoms with Gasteiger partial charge in [-0.25, -0.2) is 0 Å². The largest absolute Gasteiger partial charge is 0.399 e. The van der Waals surface area contributed by atoms with Crippen LogP contribution in [0.15, 0.2) is 24.3 Å². The van der Waals surface area contributed by atoms with E-state index in [9.17, 15) is 4.79 Å². The number of nitrogens with zero attached hydrogens (tertiary/aromatic N) is 1. The molecule has 0 atom stereocenters. The van der Waals surface area contributed by atoms with Gasteiger partial charge in [-0.05, 0) is 25.0 Å². The smallest absolute Gasteiger partial charge is 0.222 e. The highest BCUT2D eigenvalue weighted by Crippen LogP contribution is 2.12. The zero-order valence-corrected chi connectivity index (χ0v) is 9.36. The molecule has 0 saturated heterocycles. The molecule has 0 fully saturated rings. The first-order valence-corrected chi connectivity index (χ1v) is 5.22. The number of anilines is 1. The number of para-hydroxylation sites is 1. The molecule has 2 N–H and O–H groups in total. The second-order valence-corrected chi connectivity index (χ2v) is 3.61. The third kappa shape index (κ3) is 3.27. The van der Waals surface area contributed by atoms with Crippen molar-refractivity contribution >= 4 is 11.6 Å². The number of nitrogen functional groups attached to an aromatic ring is 1. The lowest BCUT2D eigenvalue weighted by atomic mass is 10.1. The van der Waals surface area contributed by atoms with E-state index in [1.807, 2.05) is 38.2 Å². The summed E-state index contributed by atoms with van der Waals surface area (Å²) in [6.45, 7) is 2.72. The molecule has 0 aliphatic rings. The molecule has 1 aromatic carbocycles. The minimum atomic E-state index is 0.167. The van der Waals surface area contributed by atoms with Crippen LogP contribution in [0.2, 0.25) is 0 Å². The van der Waals surface area contributed by atoms with Crippen LogP contribution in [-0.4, -0.2) is 24.4 Å². The predicted octanol–water partition coefficient (Wildman–Crippen LogP) is 1.68. The maximum Gasteiger partial charge on any atom is 0.222 e. The third-order valence-electron chi connectivity index (χ3n) is 2.56. The van der Waals surface area contributed by atoms with Crippen molar-refractivity contribution in [3.05, 3.63) is 29.8 Å². The normalized spacial score (nSPS) is 10.0. The minimum Gasteiger partial charge on any atom is -0.399 e. The summed E-state index contributed by atoms with van der Waals surface area (Å²) in [5.41, 5.74) is 7.61. The summed E-state index contributed by atoms with van der Waals surface area (Å²) in [6, 6.07) is 7.68. The molecule has 0 saturated carbocycles. The van der Waals surface area contributed by atoms with Gasteiger partial charge in [0.2, 0.25) is 5.91 Å². The summed E-state index contributed by atoms with van der Waals surface area (Å²) < 4.78 is 0. The number of amides is 1. The van der Waals surface area contributed by atoms with E-state index in [1.165, 1.54) is 0 Å². The highest BCUT2D eigenvalue weighted by Gasteiger charge is 2.07. The highest BCUT2D eigenvalue weighted by molar-refractivity contribution is 5.76. The number of aryl methyl sites for hydroxylation is 1. The molecule has 3 heteroatoms. The lowest BCUT2D eigenvalue weighted by molar-refractivity contribution is -0.129. The zero-order valence-electron chi connectivity index (χ0n) is 9.36. The molecular formula is C12H18N2O. The lowest BCUT2D eigenvalue weighted by Crippen LogP contribution is -2.26. The van der Waals surface area contributed by atoms with E-state index in [2.05, 4.69) is 0 Å². The molecule has 0 aliphatic heterocycles. The van der Waals surface area contributed by atoms with Crippen LogP contribution in [0.3, 0.4) is 0 Å². The Bertz CT molecular complexity index is 336. The predicted molar refractivity (Wildman–Crippen MR) is 62.5 cm³/mol. The van der Waals surface area contributed by atoms with Crippen LogP contribution in [0.5, 0.6) is 0 Å². The van der Waals surface area contributed by atoms with E-state index in [1.54, 1.807) is 4.90 Å². The Labute approximate surface area is 90.9 Å². The number of hydrogen-bond acceptors (Lipinski definition) is 2. The Morgan fingerprint density at radius 2 is 2.07 bits per heavy atom. The van der Waals surface area contributed by atoms with E-state index in [0.717, 1.165) is 24.2 Å². The Morgan fingerprint density at radius 3 is 2.67 bits per heavy atom. The van der Waals surface area contributed by atoms with Crippen molar-refractivity contribution in [1.82, 2.24) is 4.90 Å². The Balaban J connectivity index is 2.51. The van der Waals surface area contributed by atoms with Crippen LogP contribution in [-0.2, 0) is 11.2 Å². The summed E-state index contributed by atoms with van der Waals surface area (Å²) in [7, 11) is 1.82. The zero-order chi connectivity index (χ0) is 11.3. The van der Waals surface area contributed by atoms with Gasteiger partial charge in [0.05, 0.1) is 0 Å². The molecule has 0 heterocycles. The van der Waals surface area contributed by atoms with Crippen LogP contribution < -0.4 is 5.73 Å². The number of carbonyl (C=O) groups excluding carboxylic acids is 1. The van der Waals surface area contributed by atoms with Crippen LogP contribution in [0, 0.1) is 0 Å². The third-order valence-corrected chi connectivity index (χ3v) is 2.56. The van der Waals surface area contributed by atoms with Crippen LogP contribution >= 0.6 is 0 Å². The average molecular weight is 206 g/mol. The fourth-order valence-corrected chi connectivity index (χ4v) is 1.37. The Hall–Kier alpha value is -1.51. The summed E-state index contributed by atoms with van der Waals surface area (Å²) in [5, 5.41) is 0. The van der Waals surface area contributed by atoms with Gasteiger partial charge in [0, 0.05) is 25.7 Å². The molecule has 15 heavy (non-hydrogen) atoms. The molecule has 1 amide bonds. The first-order chi connectivity index (χ1) is 7.15. The molecule has 3 nitrogen and oxygen atoms in total. The number of nitrogens with two attached hydrogens (primary N) is 1. The SMILES string of the molecule is CCN(C)C(=O)CCc1ccccc1N. The van der Waals surface area contributed by atoms with E-state index >= 15 is 0 Å². The maximum absolute atomic E-state index is 11.5. The molecule has 0 aromatic heterocycles. The van der Waals surface area contributed by atoms with Gasteiger partial charge in [-0.3, -0.25) is 4.79 Å². The van der Waals surface area contributed by atoms with Gasteiger partial charge in [-0.15, -0.1) is 0 Å². The Morgan fingerprint density at radius 1 is 1.40 bits per heavy atom. The van der Waals surface area contributed by atoms with Crippen molar-refractivity contribution < 1.29 is 4.79 Å². The van der Waals surface area contributed by atoms with Gasteiger partial charge in [-0.2, -0.15) is 0 Å². The van der Waals surface area contributed by atoms with Crippen molar-refractivity contribution in [2.45, 2.75) is 19.8 Å². The minimum absolute atomic E-state index is 0.167.